The van der Waals surface area contributed by atoms with Crippen molar-refractivity contribution in [2.24, 2.45) is 0 Å². The maximum atomic E-state index is 12.9. The molecule has 25 heavy (non-hydrogen) atoms. The number of amides is 3. The Bertz CT molecular complexity index is 924. The van der Waals surface area contributed by atoms with E-state index in [1.807, 2.05) is 0 Å². The first-order valence-corrected chi connectivity index (χ1v) is 8.39. The summed E-state index contributed by atoms with van der Waals surface area (Å²) in [5.74, 6) is -0.469. The maximum Gasteiger partial charge on any atom is 0.323 e. The van der Waals surface area contributed by atoms with Crippen LogP contribution in [-0.2, 0) is 4.79 Å². The van der Waals surface area contributed by atoms with Crippen LogP contribution in [0.15, 0.2) is 42.5 Å². The molecular weight excluding hydrogens is 343 g/mol. The van der Waals surface area contributed by atoms with Crippen LogP contribution in [0.3, 0.4) is 0 Å². The number of carbonyl (C=O) groups excluding carboxylic acids is 2. The van der Waals surface area contributed by atoms with Crippen LogP contribution in [-0.4, -0.2) is 16.9 Å². The number of rotatable bonds is 4. The molecule has 0 aliphatic heterocycles. The molecule has 0 spiro atoms. The molecule has 0 saturated carbocycles. The van der Waals surface area contributed by atoms with E-state index in [4.69, 9.17) is 0 Å². The number of anilines is 3. The van der Waals surface area contributed by atoms with Crippen LogP contribution in [0.25, 0.3) is 10.2 Å². The highest BCUT2D eigenvalue weighted by Crippen LogP contribution is 2.28. The minimum atomic E-state index is -0.435. The van der Waals surface area contributed by atoms with E-state index in [9.17, 15) is 14.0 Å². The summed E-state index contributed by atoms with van der Waals surface area (Å²) in [4.78, 5) is 27.8. The highest BCUT2D eigenvalue weighted by atomic mass is 32.1. The van der Waals surface area contributed by atoms with Gasteiger partial charge >= 0.3 is 6.03 Å². The van der Waals surface area contributed by atoms with Crippen LogP contribution in [0.1, 0.15) is 13.3 Å². The number of nitrogens with one attached hydrogen (secondary N) is 3. The van der Waals surface area contributed by atoms with Crippen molar-refractivity contribution >= 4 is 50.0 Å². The van der Waals surface area contributed by atoms with Gasteiger partial charge in [0, 0.05) is 17.8 Å². The van der Waals surface area contributed by atoms with Crippen molar-refractivity contribution in [3.8, 4) is 0 Å². The van der Waals surface area contributed by atoms with Gasteiger partial charge in [-0.1, -0.05) is 18.3 Å². The summed E-state index contributed by atoms with van der Waals surface area (Å²) in [6.07, 6.45) is 0.381. The van der Waals surface area contributed by atoms with E-state index in [-0.39, 0.29) is 11.7 Å². The van der Waals surface area contributed by atoms with Crippen LogP contribution in [0.4, 0.5) is 25.7 Å². The topological polar surface area (TPSA) is 83.1 Å². The minimum Gasteiger partial charge on any atom is -0.308 e. The van der Waals surface area contributed by atoms with Crippen LogP contribution in [0, 0.1) is 5.82 Å². The Morgan fingerprint density at radius 1 is 1.04 bits per heavy atom. The van der Waals surface area contributed by atoms with Gasteiger partial charge in [-0.3, -0.25) is 4.79 Å². The van der Waals surface area contributed by atoms with Gasteiger partial charge in [0.1, 0.15) is 5.82 Å². The summed E-state index contributed by atoms with van der Waals surface area (Å²) in [6.45, 7) is 1.77. The van der Waals surface area contributed by atoms with Crippen molar-refractivity contribution in [2.75, 3.05) is 16.0 Å². The number of fused-ring (bicyclic) bond motifs is 1. The van der Waals surface area contributed by atoms with Crippen LogP contribution >= 0.6 is 11.3 Å². The first-order chi connectivity index (χ1) is 12.0. The molecule has 1 aromatic heterocycles. The van der Waals surface area contributed by atoms with E-state index in [1.54, 1.807) is 25.1 Å². The number of thiazole rings is 1. The van der Waals surface area contributed by atoms with Crippen molar-refractivity contribution in [2.45, 2.75) is 13.3 Å². The molecule has 3 amide bonds. The van der Waals surface area contributed by atoms with E-state index >= 15 is 0 Å². The van der Waals surface area contributed by atoms with Crippen molar-refractivity contribution in [3.63, 3.8) is 0 Å². The molecule has 128 valence electrons. The van der Waals surface area contributed by atoms with E-state index < -0.39 is 6.03 Å². The van der Waals surface area contributed by atoms with E-state index in [0.29, 0.717) is 22.9 Å². The van der Waals surface area contributed by atoms with Crippen LogP contribution in [0.5, 0.6) is 0 Å². The minimum absolute atomic E-state index is 0.101. The molecule has 8 heteroatoms. The van der Waals surface area contributed by atoms with E-state index in [0.717, 1.165) is 10.2 Å². The molecule has 3 aromatic rings. The van der Waals surface area contributed by atoms with Gasteiger partial charge < -0.3 is 16.0 Å². The predicted molar refractivity (Wildman–Crippen MR) is 97.6 cm³/mol. The zero-order chi connectivity index (χ0) is 17.8. The second-order valence-corrected chi connectivity index (χ2v) is 6.22. The summed E-state index contributed by atoms with van der Waals surface area (Å²) in [6, 6.07) is 10.3. The molecule has 1 heterocycles. The molecule has 0 bridgehead atoms. The highest BCUT2D eigenvalue weighted by molar-refractivity contribution is 7.22. The molecule has 0 aliphatic rings. The van der Waals surface area contributed by atoms with Gasteiger partial charge in [-0.25, -0.2) is 14.2 Å². The molecule has 0 saturated heterocycles. The lowest BCUT2D eigenvalue weighted by molar-refractivity contribution is -0.115. The number of benzene rings is 2. The summed E-state index contributed by atoms with van der Waals surface area (Å²) in [7, 11) is 0. The van der Waals surface area contributed by atoms with Gasteiger partial charge in [-0.05, 0) is 42.5 Å². The van der Waals surface area contributed by atoms with Gasteiger partial charge in [0.05, 0.1) is 10.2 Å². The predicted octanol–water partition coefficient (Wildman–Crippen LogP) is 4.43. The summed E-state index contributed by atoms with van der Waals surface area (Å²) < 4.78 is 13.7. The first-order valence-electron chi connectivity index (χ1n) is 7.57. The number of urea groups is 1. The van der Waals surface area contributed by atoms with Crippen molar-refractivity contribution in [1.82, 2.24) is 4.98 Å². The number of nitrogens with zero attached hydrogens (tertiary/aromatic N) is 1. The summed E-state index contributed by atoms with van der Waals surface area (Å²) in [5, 5.41) is 8.56. The number of halogens is 1. The molecular formula is C17H15FN4O2S. The Morgan fingerprint density at radius 3 is 2.44 bits per heavy atom. The van der Waals surface area contributed by atoms with Gasteiger partial charge in [-0.2, -0.15) is 0 Å². The second-order valence-electron chi connectivity index (χ2n) is 5.19. The zero-order valence-corrected chi connectivity index (χ0v) is 14.1. The average molecular weight is 358 g/mol. The number of hydrogen-bond acceptors (Lipinski definition) is 4. The van der Waals surface area contributed by atoms with E-state index in [2.05, 4.69) is 20.9 Å². The number of hydrogen-bond donors (Lipinski definition) is 3. The molecule has 6 nitrogen and oxygen atoms in total. The standard InChI is InChI=1S/C17H15FN4O2S/c1-2-15(23)22-17-21-13-8-7-12(9-14(13)25-17)20-16(24)19-11-5-3-10(18)4-6-11/h3-9H,2H2,1H3,(H2,19,20,24)(H,21,22,23). The Morgan fingerprint density at radius 2 is 1.72 bits per heavy atom. The smallest absolute Gasteiger partial charge is 0.308 e. The molecule has 0 atom stereocenters. The third-order valence-corrected chi connectivity index (χ3v) is 4.25. The zero-order valence-electron chi connectivity index (χ0n) is 13.3. The van der Waals surface area contributed by atoms with Crippen molar-refractivity contribution in [1.29, 1.82) is 0 Å². The molecule has 0 unspecified atom stereocenters. The Labute approximate surface area is 147 Å². The molecule has 2 aromatic carbocycles. The monoisotopic (exact) mass is 358 g/mol. The lowest BCUT2D eigenvalue weighted by atomic mass is 10.3. The molecule has 3 N–H and O–H groups in total. The van der Waals surface area contributed by atoms with E-state index in [1.165, 1.54) is 35.6 Å². The number of aromatic nitrogens is 1. The Hall–Kier alpha value is -3.00. The third-order valence-electron chi connectivity index (χ3n) is 3.32. The second kappa shape index (κ2) is 7.27. The molecule has 0 aliphatic carbocycles. The quantitative estimate of drug-likeness (QED) is 0.645. The Balaban J connectivity index is 1.69. The Kier molecular flexibility index (Phi) is 4.90. The largest absolute Gasteiger partial charge is 0.323 e. The van der Waals surface area contributed by atoms with Crippen LogP contribution in [0.2, 0.25) is 0 Å². The first kappa shape index (κ1) is 16.8. The van der Waals surface area contributed by atoms with Crippen molar-refractivity contribution < 1.29 is 14.0 Å². The van der Waals surface area contributed by atoms with Crippen LogP contribution < -0.4 is 16.0 Å². The normalized spacial score (nSPS) is 10.5. The van der Waals surface area contributed by atoms with Gasteiger partial charge in [-0.15, -0.1) is 0 Å². The van der Waals surface area contributed by atoms with Gasteiger partial charge in [0.15, 0.2) is 5.13 Å². The SMILES string of the molecule is CCC(=O)Nc1nc2ccc(NC(=O)Nc3ccc(F)cc3)cc2s1. The molecule has 0 radical (unpaired) electrons. The fourth-order valence-corrected chi connectivity index (χ4v) is 3.01. The van der Waals surface area contributed by atoms with Gasteiger partial charge in [0.25, 0.3) is 0 Å². The molecule has 0 fully saturated rings. The van der Waals surface area contributed by atoms with Crippen molar-refractivity contribution in [3.05, 3.63) is 48.3 Å². The lowest BCUT2D eigenvalue weighted by Crippen LogP contribution is -2.19. The summed E-state index contributed by atoms with van der Waals surface area (Å²) in [5.41, 5.74) is 1.81. The molecule has 3 rings (SSSR count). The average Bonchev–Trinajstić information content (AvgIpc) is 2.98. The fraction of sp³-hybridized carbons (Fsp3) is 0.118. The van der Waals surface area contributed by atoms with Gasteiger partial charge in [0.2, 0.25) is 5.91 Å². The lowest BCUT2D eigenvalue weighted by Gasteiger charge is -2.07. The number of carbonyl (C=O) groups is 2. The maximum absolute atomic E-state index is 12.9. The summed E-state index contributed by atoms with van der Waals surface area (Å²) >= 11 is 1.33. The highest BCUT2D eigenvalue weighted by Gasteiger charge is 2.09. The third kappa shape index (κ3) is 4.30. The fourth-order valence-electron chi connectivity index (χ4n) is 2.09.